The first kappa shape index (κ1) is 27.7. The Kier molecular flexibility index (Phi) is 7.85. The molecule has 0 amide bonds. The molecule has 4 aromatic carbocycles. The zero-order valence-electron chi connectivity index (χ0n) is 23.2. The van der Waals surface area contributed by atoms with Crippen LogP contribution in [0.1, 0.15) is 32.0 Å². The first-order chi connectivity index (χ1) is 18.9. The smallest absolute Gasteiger partial charge is 0.0612 e. The first-order valence-electron chi connectivity index (χ1n) is 13.4. The monoisotopic (exact) mass is 698 g/mol. The number of hydrogen-bond donors (Lipinski definition) is 0. The summed E-state index contributed by atoms with van der Waals surface area (Å²) in [5.74, 6) is 0. The van der Waals surface area contributed by atoms with Crippen molar-refractivity contribution >= 4 is 38.1 Å². The maximum absolute atomic E-state index is 5.04. The molecule has 0 saturated heterocycles. The van der Waals surface area contributed by atoms with Crippen LogP contribution in [0.25, 0.3) is 49.4 Å². The van der Waals surface area contributed by atoms with Gasteiger partial charge in [0.05, 0.1) is 5.65 Å². The number of nitrogens with zero attached hydrogens (tertiary/aromatic N) is 3. The van der Waals surface area contributed by atoms with E-state index < -0.39 is 0 Å². The summed E-state index contributed by atoms with van der Waals surface area (Å²) >= 11 is 0. The molecule has 3 nitrogen and oxygen atoms in total. The largest absolute Gasteiger partial charge is 0.340 e. The average Bonchev–Trinajstić information content (AvgIpc) is 3.36. The van der Waals surface area contributed by atoms with Gasteiger partial charge in [0.15, 0.2) is 0 Å². The van der Waals surface area contributed by atoms with Crippen LogP contribution in [0.15, 0.2) is 103 Å². The fraction of sp³-hybridized carbons (Fsp3) is 0.167. The van der Waals surface area contributed by atoms with Crippen LogP contribution < -0.4 is 0 Å². The molecule has 3 heterocycles. The number of rotatable bonds is 2. The SMILES string of the molecule is Cc1ccc2c(c1)c1c([c-]cc3ccccc31)c1nc(CC(C)(C)C)cn21.[Ir].[c-]1ccccc1-c1ccccn1. The van der Waals surface area contributed by atoms with Gasteiger partial charge >= 0.3 is 0 Å². The second-order valence-electron chi connectivity index (χ2n) is 11.3. The minimum atomic E-state index is 0. The van der Waals surface area contributed by atoms with Crippen LogP contribution in [-0.2, 0) is 26.5 Å². The summed E-state index contributed by atoms with van der Waals surface area (Å²) in [6.45, 7) is 8.94. The van der Waals surface area contributed by atoms with Crippen LogP contribution in [0.5, 0.6) is 0 Å². The van der Waals surface area contributed by atoms with E-state index in [1.54, 1.807) is 6.20 Å². The molecule has 0 saturated carbocycles. The first-order valence-corrected chi connectivity index (χ1v) is 13.4. The van der Waals surface area contributed by atoms with Crippen molar-refractivity contribution in [2.75, 3.05) is 0 Å². The normalized spacial score (nSPS) is 11.4. The van der Waals surface area contributed by atoms with Gasteiger partial charge in [0, 0.05) is 43.7 Å². The van der Waals surface area contributed by atoms with Crippen LogP contribution >= 0.6 is 0 Å². The summed E-state index contributed by atoms with van der Waals surface area (Å²) in [5, 5.41) is 6.12. The van der Waals surface area contributed by atoms with Crippen molar-refractivity contribution in [3.8, 4) is 11.3 Å². The molecule has 0 unspecified atom stereocenters. The Labute approximate surface area is 249 Å². The number of fused-ring (bicyclic) bond motifs is 8. The van der Waals surface area contributed by atoms with Crippen LogP contribution in [0, 0.1) is 24.5 Å². The second kappa shape index (κ2) is 11.3. The van der Waals surface area contributed by atoms with Gasteiger partial charge in [0.2, 0.25) is 0 Å². The molecule has 0 bridgehead atoms. The Morgan fingerprint density at radius 3 is 2.40 bits per heavy atom. The van der Waals surface area contributed by atoms with E-state index in [2.05, 4.69) is 104 Å². The number of aromatic nitrogens is 3. The van der Waals surface area contributed by atoms with Gasteiger partial charge in [-0.15, -0.1) is 48.0 Å². The summed E-state index contributed by atoms with van der Waals surface area (Å²) in [4.78, 5) is 9.26. The van der Waals surface area contributed by atoms with E-state index in [-0.39, 0.29) is 25.5 Å². The third kappa shape index (κ3) is 5.56. The van der Waals surface area contributed by atoms with E-state index in [1.165, 1.54) is 32.6 Å². The van der Waals surface area contributed by atoms with Crippen molar-refractivity contribution in [2.24, 2.45) is 5.41 Å². The quantitative estimate of drug-likeness (QED) is 0.133. The third-order valence-corrected chi connectivity index (χ3v) is 6.87. The van der Waals surface area contributed by atoms with Crippen molar-refractivity contribution < 1.29 is 20.1 Å². The van der Waals surface area contributed by atoms with Gasteiger partial charge in [-0.05, 0) is 42.0 Å². The Morgan fingerprint density at radius 2 is 1.65 bits per heavy atom. The van der Waals surface area contributed by atoms with Crippen LogP contribution in [0.4, 0.5) is 0 Å². The van der Waals surface area contributed by atoms with E-state index in [0.717, 1.165) is 34.4 Å². The predicted octanol–water partition coefficient (Wildman–Crippen LogP) is 9.04. The molecular formula is C36H31IrN3-2. The minimum Gasteiger partial charge on any atom is -0.340 e. The molecule has 7 rings (SSSR count). The average molecular weight is 698 g/mol. The van der Waals surface area contributed by atoms with Gasteiger partial charge in [-0.2, -0.15) is 0 Å². The summed E-state index contributed by atoms with van der Waals surface area (Å²) in [6.07, 6.45) is 4.95. The van der Waals surface area contributed by atoms with Gasteiger partial charge in [0.25, 0.3) is 0 Å². The van der Waals surface area contributed by atoms with E-state index in [0.29, 0.717) is 0 Å². The maximum atomic E-state index is 5.04. The summed E-state index contributed by atoms with van der Waals surface area (Å²) in [7, 11) is 0. The van der Waals surface area contributed by atoms with E-state index in [9.17, 15) is 0 Å². The number of pyridine rings is 2. The molecule has 0 fully saturated rings. The molecule has 7 aromatic rings. The summed E-state index contributed by atoms with van der Waals surface area (Å²) in [6, 6.07) is 37.7. The molecule has 0 spiro atoms. The fourth-order valence-corrected chi connectivity index (χ4v) is 5.22. The molecule has 40 heavy (non-hydrogen) atoms. The Morgan fingerprint density at radius 1 is 0.850 bits per heavy atom. The van der Waals surface area contributed by atoms with E-state index in [1.807, 2.05) is 42.5 Å². The molecule has 0 aliphatic carbocycles. The molecule has 201 valence electrons. The number of imidazole rings is 1. The van der Waals surface area contributed by atoms with Crippen molar-refractivity contribution in [3.05, 3.63) is 127 Å². The Hall–Kier alpha value is -3.85. The standard InChI is InChI=1S/C25H23N2.C11H8N.Ir/c1-16-9-12-22-21(13-16)23-19-8-6-5-7-17(19)10-11-20(23)24-26-18(15-27(22)24)14-25(2,3)4;1-2-6-10(7-3-1)11-8-4-5-9-12-11;/h5-10,12-13,15H,14H2,1-4H3;1-6,8-9H;/q2*-1;. The second-order valence-corrected chi connectivity index (χ2v) is 11.3. The predicted molar refractivity (Wildman–Crippen MR) is 163 cm³/mol. The minimum absolute atomic E-state index is 0. The van der Waals surface area contributed by atoms with Gasteiger partial charge in [0.1, 0.15) is 0 Å². The van der Waals surface area contributed by atoms with Gasteiger partial charge in [-0.25, -0.2) is 0 Å². The summed E-state index contributed by atoms with van der Waals surface area (Å²) < 4.78 is 2.25. The summed E-state index contributed by atoms with van der Waals surface area (Å²) in [5.41, 5.74) is 6.84. The number of benzene rings is 4. The molecular weight excluding hydrogens is 667 g/mol. The third-order valence-electron chi connectivity index (χ3n) is 6.87. The topological polar surface area (TPSA) is 30.2 Å². The van der Waals surface area contributed by atoms with Gasteiger partial charge < -0.3 is 9.38 Å². The van der Waals surface area contributed by atoms with Crippen LogP contribution in [0.3, 0.4) is 0 Å². The fourth-order valence-electron chi connectivity index (χ4n) is 5.22. The van der Waals surface area contributed by atoms with Crippen molar-refractivity contribution in [3.63, 3.8) is 0 Å². The zero-order valence-corrected chi connectivity index (χ0v) is 25.6. The number of aryl methyl sites for hydroxylation is 1. The molecule has 4 heteroatoms. The van der Waals surface area contributed by atoms with Crippen molar-refractivity contribution in [2.45, 2.75) is 34.1 Å². The molecule has 0 atom stereocenters. The van der Waals surface area contributed by atoms with Crippen molar-refractivity contribution in [1.82, 2.24) is 14.4 Å². The number of hydrogen-bond acceptors (Lipinski definition) is 2. The Balaban J connectivity index is 0.000000209. The zero-order chi connectivity index (χ0) is 27.0. The molecule has 1 radical (unpaired) electrons. The van der Waals surface area contributed by atoms with Gasteiger partial charge in [-0.1, -0.05) is 96.4 Å². The molecule has 0 N–H and O–H groups in total. The molecule has 3 aromatic heterocycles. The van der Waals surface area contributed by atoms with Gasteiger partial charge in [-0.3, -0.25) is 4.98 Å². The van der Waals surface area contributed by atoms with E-state index >= 15 is 0 Å². The van der Waals surface area contributed by atoms with Crippen molar-refractivity contribution in [1.29, 1.82) is 0 Å². The van der Waals surface area contributed by atoms with Crippen LogP contribution in [-0.4, -0.2) is 14.4 Å². The van der Waals surface area contributed by atoms with E-state index in [4.69, 9.17) is 4.98 Å². The maximum Gasteiger partial charge on any atom is 0.0612 e. The molecule has 0 aliphatic rings. The molecule has 0 aliphatic heterocycles. The Bertz CT molecular complexity index is 1880. The van der Waals surface area contributed by atoms with Crippen LogP contribution in [0.2, 0.25) is 0 Å².